The van der Waals surface area contributed by atoms with Crippen LogP contribution in [0.2, 0.25) is 10.0 Å². The van der Waals surface area contributed by atoms with Gasteiger partial charge in [0.25, 0.3) is 0 Å². The smallest absolute Gasteiger partial charge is 0.173 e. The molecule has 2 aromatic rings. The molecule has 2 rings (SSSR count). The third-order valence-electron chi connectivity index (χ3n) is 2.88. The predicted octanol–water partition coefficient (Wildman–Crippen LogP) is 4.17. The second-order valence-electron chi connectivity index (χ2n) is 4.02. The van der Waals surface area contributed by atoms with Gasteiger partial charge < -0.3 is 5.73 Å². The third kappa shape index (κ3) is 2.51. The van der Waals surface area contributed by atoms with Crippen molar-refractivity contribution in [2.75, 3.05) is 6.54 Å². The quantitative estimate of drug-likeness (QED) is 0.899. The van der Waals surface area contributed by atoms with Gasteiger partial charge in [-0.15, -0.1) is 0 Å². The largest absolute Gasteiger partial charge is 0.327 e. The van der Waals surface area contributed by atoms with Crippen LogP contribution in [0.5, 0.6) is 0 Å². The maximum atomic E-state index is 15.0. The van der Waals surface area contributed by atoms with Crippen molar-refractivity contribution in [2.45, 2.75) is 5.67 Å². The van der Waals surface area contributed by atoms with Gasteiger partial charge in [0, 0.05) is 16.6 Å². The van der Waals surface area contributed by atoms with Gasteiger partial charge >= 0.3 is 0 Å². The summed E-state index contributed by atoms with van der Waals surface area (Å²) < 4.78 is 15.0. The van der Waals surface area contributed by atoms with Crippen molar-refractivity contribution < 1.29 is 4.39 Å². The van der Waals surface area contributed by atoms with Crippen molar-refractivity contribution in [2.24, 2.45) is 5.73 Å². The van der Waals surface area contributed by atoms with E-state index in [9.17, 15) is 0 Å². The van der Waals surface area contributed by atoms with E-state index < -0.39 is 5.67 Å². The maximum absolute atomic E-state index is 15.0. The molecule has 0 atom stereocenters. The first-order chi connectivity index (χ1) is 8.56. The lowest BCUT2D eigenvalue weighted by Crippen LogP contribution is -2.31. The molecule has 0 saturated heterocycles. The van der Waals surface area contributed by atoms with Crippen LogP contribution in [0, 0.1) is 0 Å². The molecule has 2 N–H and O–H groups in total. The van der Waals surface area contributed by atoms with E-state index in [0.717, 1.165) is 0 Å². The standard InChI is InChI=1S/C14H12Cl2FN/c15-12-5-1-10(2-6-12)14(17,9-18)11-3-7-13(16)8-4-11/h1-8H,9,18H2. The van der Waals surface area contributed by atoms with Crippen LogP contribution >= 0.6 is 23.2 Å². The first-order valence-corrected chi connectivity index (χ1v) is 6.23. The minimum absolute atomic E-state index is 0.143. The van der Waals surface area contributed by atoms with Crippen LogP contribution in [0.4, 0.5) is 4.39 Å². The van der Waals surface area contributed by atoms with Crippen LogP contribution in [0.3, 0.4) is 0 Å². The average molecular weight is 284 g/mol. The minimum atomic E-state index is -1.73. The van der Waals surface area contributed by atoms with Gasteiger partial charge in [0.2, 0.25) is 0 Å². The van der Waals surface area contributed by atoms with Gasteiger partial charge in [-0.1, -0.05) is 47.5 Å². The van der Waals surface area contributed by atoms with Crippen LogP contribution in [0.1, 0.15) is 11.1 Å². The van der Waals surface area contributed by atoms with E-state index in [2.05, 4.69) is 0 Å². The van der Waals surface area contributed by atoms with Gasteiger partial charge in [0.1, 0.15) is 0 Å². The molecule has 4 heteroatoms. The molecule has 94 valence electrons. The highest BCUT2D eigenvalue weighted by Crippen LogP contribution is 2.34. The molecule has 0 saturated carbocycles. The highest BCUT2D eigenvalue weighted by atomic mass is 35.5. The number of nitrogens with two attached hydrogens (primary N) is 1. The van der Waals surface area contributed by atoms with E-state index >= 15 is 4.39 Å². The molecule has 0 aromatic heterocycles. The second kappa shape index (κ2) is 5.27. The summed E-state index contributed by atoms with van der Waals surface area (Å²) in [4.78, 5) is 0. The van der Waals surface area contributed by atoms with Crippen LogP contribution in [-0.4, -0.2) is 6.54 Å². The molecule has 0 fully saturated rings. The molecular formula is C14H12Cl2FN. The molecule has 0 bridgehead atoms. The zero-order valence-corrected chi connectivity index (χ0v) is 11.0. The van der Waals surface area contributed by atoms with Crippen LogP contribution in [0.15, 0.2) is 48.5 Å². The summed E-state index contributed by atoms with van der Waals surface area (Å²) in [5.41, 5.74) is 4.85. The Morgan fingerprint density at radius 2 is 1.17 bits per heavy atom. The first kappa shape index (κ1) is 13.3. The monoisotopic (exact) mass is 283 g/mol. The fraction of sp³-hybridized carbons (Fsp3) is 0.143. The minimum Gasteiger partial charge on any atom is -0.327 e. The lowest BCUT2D eigenvalue weighted by atomic mass is 9.88. The predicted molar refractivity (Wildman–Crippen MR) is 73.8 cm³/mol. The lowest BCUT2D eigenvalue weighted by Gasteiger charge is -2.25. The van der Waals surface area contributed by atoms with Gasteiger partial charge in [0.15, 0.2) is 5.67 Å². The third-order valence-corrected chi connectivity index (χ3v) is 3.39. The number of alkyl halides is 1. The normalized spacial score (nSPS) is 11.6. The maximum Gasteiger partial charge on any atom is 0.173 e. The topological polar surface area (TPSA) is 26.0 Å². The highest BCUT2D eigenvalue weighted by molar-refractivity contribution is 6.30. The Balaban J connectivity index is 2.47. The van der Waals surface area contributed by atoms with E-state index in [1.807, 2.05) is 0 Å². The Morgan fingerprint density at radius 3 is 1.44 bits per heavy atom. The number of benzene rings is 2. The van der Waals surface area contributed by atoms with Gasteiger partial charge in [-0.05, 0) is 35.4 Å². The molecule has 0 spiro atoms. The molecule has 0 unspecified atom stereocenters. The Morgan fingerprint density at radius 1 is 0.833 bits per heavy atom. The van der Waals surface area contributed by atoms with Crippen molar-refractivity contribution in [3.8, 4) is 0 Å². The summed E-state index contributed by atoms with van der Waals surface area (Å²) in [5.74, 6) is 0. The van der Waals surface area contributed by atoms with Crippen LogP contribution < -0.4 is 5.73 Å². The molecule has 0 amide bonds. The summed E-state index contributed by atoms with van der Waals surface area (Å²) in [7, 11) is 0. The molecule has 18 heavy (non-hydrogen) atoms. The number of hydrogen-bond acceptors (Lipinski definition) is 1. The molecule has 0 aliphatic heterocycles. The number of halogens is 3. The average Bonchev–Trinajstić information content (AvgIpc) is 2.39. The molecule has 2 aromatic carbocycles. The van der Waals surface area contributed by atoms with Gasteiger partial charge in [-0.2, -0.15) is 0 Å². The first-order valence-electron chi connectivity index (χ1n) is 5.47. The zero-order valence-electron chi connectivity index (χ0n) is 9.54. The SMILES string of the molecule is NCC(F)(c1ccc(Cl)cc1)c1ccc(Cl)cc1. The van der Waals surface area contributed by atoms with E-state index in [0.29, 0.717) is 21.2 Å². The summed E-state index contributed by atoms with van der Waals surface area (Å²) in [5, 5.41) is 1.13. The summed E-state index contributed by atoms with van der Waals surface area (Å²) in [6.45, 7) is -0.143. The van der Waals surface area contributed by atoms with Crippen LogP contribution in [0.25, 0.3) is 0 Å². The van der Waals surface area contributed by atoms with Crippen molar-refractivity contribution >= 4 is 23.2 Å². The van der Waals surface area contributed by atoms with Crippen LogP contribution in [-0.2, 0) is 5.67 Å². The second-order valence-corrected chi connectivity index (χ2v) is 4.89. The summed E-state index contributed by atoms with van der Waals surface area (Å²) in [6.07, 6.45) is 0. The zero-order chi connectivity index (χ0) is 13.2. The molecule has 0 heterocycles. The Labute approximate surface area is 115 Å². The Hall–Kier alpha value is -1.09. The number of rotatable bonds is 3. The molecular weight excluding hydrogens is 272 g/mol. The van der Waals surface area contributed by atoms with E-state index in [4.69, 9.17) is 28.9 Å². The van der Waals surface area contributed by atoms with E-state index in [1.54, 1.807) is 48.5 Å². The number of hydrogen-bond donors (Lipinski definition) is 1. The molecule has 0 aliphatic rings. The lowest BCUT2D eigenvalue weighted by molar-refractivity contribution is 0.232. The van der Waals surface area contributed by atoms with Gasteiger partial charge in [-0.3, -0.25) is 0 Å². The molecule has 0 aliphatic carbocycles. The van der Waals surface area contributed by atoms with Crippen molar-refractivity contribution in [1.82, 2.24) is 0 Å². The van der Waals surface area contributed by atoms with Crippen molar-refractivity contribution in [3.63, 3.8) is 0 Å². The highest BCUT2D eigenvalue weighted by Gasteiger charge is 2.32. The van der Waals surface area contributed by atoms with Gasteiger partial charge in [-0.25, -0.2) is 4.39 Å². The molecule has 0 radical (unpaired) electrons. The summed E-state index contributed by atoms with van der Waals surface area (Å²) in [6, 6.07) is 13.2. The van der Waals surface area contributed by atoms with Crippen molar-refractivity contribution in [1.29, 1.82) is 0 Å². The fourth-order valence-corrected chi connectivity index (χ4v) is 2.08. The summed E-state index contributed by atoms with van der Waals surface area (Å²) >= 11 is 11.6. The van der Waals surface area contributed by atoms with E-state index in [-0.39, 0.29) is 6.54 Å². The Bertz CT molecular complexity index is 477. The molecule has 1 nitrogen and oxygen atoms in total. The van der Waals surface area contributed by atoms with Crippen molar-refractivity contribution in [3.05, 3.63) is 69.7 Å². The Kier molecular flexibility index (Phi) is 3.91. The van der Waals surface area contributed by atoms with E-state index in [1.165, 1.54) is 0 Å². The fourth-order valence-electron chi connectivity index (χ4n) is 1.83. The van der Waals surface area contributed by atoms with Gasteiger partial charge in [0.05, 0.1) is 0 Å².